The molecule has 1 amide bonds. The van der Waals surface area contributed by atoms with Gasteiger partial charge in [-0.1, -0.05) is 43.7 Å². The van der Waals surface area contributed by atoms with Crippen LogP contribution < -0.4 is 5.32 Å². The van der Waals surface area contributed by atoms with Crippen molar-refractivity contribution in [1.82, 2.24) is 35.1 Å². The van der Waals surface area contributed by atoms with E-state index in [4.69, 9.17) is 4.74 Å². The van der Waals surface area contributed by atoms with E-state index in [0.29, 0.717) is 18.7 Å². The number of nitrogens with one attached hydrogen (secondary N) is 1. The molecule has 0 saturated heterocycles. The van der Waals surface area contributed by atoms with Crippen molar-refractivity contribution in [2.24, 2.45) is 0 Å². The third kappa shape index (κ3) is 7.29. The number of carbonyl (C=O) groups is 2. The monoisotopic (exact) mass is 439 g/mol. The number of rotatable bonds is 13. The fourth-order valence-electron chi connectivity index (χ4n) is 3.27. The second kappa shape index (κ2) is 12.3. The molecule has 0 radical (unpaired) electrons. The van der Waals surface area contributed by atoms with Gasteiger partial charge in [-0.2, -0.15) is 0 Å². The molecule has 1 aromatic carbocycles. The van der Waals surface area contributed by atoms with Crippen LogP contribution in [0.15, 0.2) is 49.1 Å². The molecule has 0 aliphatic heterocycles. The van der Waals surface area contributed by atoms with Crippen LogP contribution in [0.1, 0.15) is 44.0 Å². The van der Waals surface area contributed by atoms with Crippen molar-refractivity contribution in [2.75, 3.05) is 0 Å². The zero-order valence-electron chi connectivity index (χ0n) is 18.3. The average Bonchev–Trinajstić information content (AvgIpc) is 3.49. The van der Waals surface area contributed by atoms with Gasteiger partial charge < -0.3 is 14.6 Å². The van der Waals surface area contributed by atoms with E-state index >= 15 is 0 Å². The first-order chi connectivity index (χ1) is 15.7. The van der Waals surface area contributed by atoms with Crippen LogP contribution in [-0.2, 0) is 35.6 Å². The molecule has 170 valence electrons. The summed E-state index contributed by atoms with van der Waals surface area (Å²) >= 11 is 0. The van der Waals surface area contributed by atoms with Crippen molar-refractivity contribution in [1.29, 1.82) is 0 Å². The Morgan fingerprint density at radius 1 is 1.16 bits per heavy atom. The SMILES string of the molecule is CCC(NC(=O)OCc1ccccc1)C(=O)Cn1nnnc1CCCCCn1ccnc1. The lowest BCUT2D eigenvalue weighted by Gasteiger charge is -2.16. The van der Waals surface area contributed by atoms with Crippen LogP contribution in [0.4, 0.5) is 4.79 Å². The summed E-state index contributed by atoms with van der Waals surface area (Å²) in [7, 11) is 0. The second-order valence-electron chi connectivity index (χ2n) is 7.50. The van der Waals surface area contributed by atoms with E-state index in [2.05, 4.69) is 25.8 Å². The Hall–Kier alpha value is -3.56. The number of aromatic nitrogens is 6. The highest BCUT2D eigenvalue weighted by Gasteiger charge is 2.21. The molecular formula is C22H29N7O3. The Labute approximate surface area is 187 Å². The maximum Gasteiger partial charge on any atom is 0.408 e. The van der Waals surface area contributed by atoms with Gasteiger partial charge in [0.15, 0.2) is 11.6 Å². The fourth-order valence-corrected chi connectivity index (χ4v) is 3.27. The molecule has 0 aliphatic rings. The Bertz CT molecular complexity index is 957. The maximum absolute atomic E-state index is 12.7. The quantitative estimate of drug-likeness (QED) is 0.407. The normalized spacial score (nSPS) is 11.8. The summed E-state index contributed by atoms with van der Waals surface area (Å²) in [6.07, 6.45) is 9.01. The third-order valence-corrected chi connectivity index (χ3v) is 5.09. The van der Waals surface area contributed by atoms with Gasteiger partial charge in [0, 0.05) is 25.4 Å². The van der Waals surface area contributed by atoms with Crippen LogP contribution in [0.5, 0.6) is 0 Å². The van der Waals surface area contributed by atoms with E-state index in [1.807, 2.05) is 54.3 Å². The molecule has 10 heteroatoms. The predicted octanol–water partition coefficient (Wildman–Crippen LogP) is 2.56. The van der Waals surface area contributed by atoms with Gasteiger partial charge >= 0.3 is 6.09 Å². The van der Waals surface area contributed by atoms with Gasteiger partial charge in [0.05, 0.1) is 12.4 Å². The standard InChI is InChI=1S/C22H29N7O3/c1-2-19(24-22(31)32-16-18-9-5-3-6-10-18)20(30)15-29-21(25-26-27-29)11-7-4-8-13-28-14-12-23-17-28/h3,5-6,9-10,12,14,17,19H,2,4,7-8,11,13,15-16H2,1H3,(H,24,31). The van der Waals surface area contributed by atoms with Gasteiger partial charge in [0.1, 0.15) is 13.2 Å². The third-order valence-electron chi connectivity index (χ3n) is 5.09. The van der Waals surface area contributed by atoms with Crippen molar-refractivity contribution >= 4 is 11.9 Å². The molecule has 0 saturated carbocycles. The number of aryl methyl sites for hydroxylation is 2. The zero-order chi connectivity index (χ0) is 22.6. The summed E-state index contributed by atoms with van der Waals surface area (Å²) in [5.74, 6) is 0.500. The van der Waals surface area contributed by atoms with E-state index in [-0.39, 0.29) is 18.9 Å². The van der Waals surface area contributed by atoms with Crippen LogP contribution in [-0.4, -0.2) is 47.7 Å². The molecular weight excluding hydrogens is 410 g/mol. The fraction of sp³-hybridized carbons (Fsp3) is 0.455. The lowest BCUT2D eigenvalue weighted by Crippen LogP contribution is -2.42. The van der Waals surface area contributed by atoms with Gasteiger partial charge in [0.2, 0.25) is 0 Å². The van der Waals surface area contributed by atoms with Gasteiger partial charge in [-0.05, 0) is 35.3 Å². The van der Waals surface area contributed by atoms with Gasteiger partial charge in [-0.15, -0.1) is 5.10 Å². The smallest absolute Gasteiger partial charge is 0.408 e. The van der Waals surface area contributed by atoms with E-state index in [1.54, 1.807) is 6.20 Å². The molecule has 2 heterocycles. The van der Waals surface area contributed by atoms with E-state index in [9.17, 15) is 9.59 Å². The van der Waals surface area contributed by atoms with Crippen molar-refractivity contribution in [3.8, 4) is 0 Å². The first-order valence-electron chi connectivity index (χ1n) is 10.9. The summed E-state index contributed by atoms with van der Waals surface area (Å²) in [6.45, 7) is 2.92. The highest BCUT2D eigenvalue weighted by Crippen LogP contribution is 2.07. The maximum atomic E-state index is 12.7. The number of alkyl carbamates (subject to hydrolysis) is 1. The Morgan fingerprint density at radius 3 is 2.75 bits per heavy atom. The van der Waals surface area contributed by atoms with Crippen LogP contribution >= 0.6 is 0 Å². The van der Waals surface area contributed by atoms with Crippen LogP contribution in [0, 0.1) is 0 Å². The molecule has 0 spiro atoms. The minimum atomic E-state index is -0.662. The molecule has 1 atom stereocenters. The summed E-state index contributed by atoms with van der Waals surface area (Å²) in [5, 5.41) is 14.3. The largest absolute Gasteiger partial charge is 0.445 e. The number of Topliss-reactive ketones (excluding diaryl/α,β-unsaturated/α-hetero) is 1. The number of carbonyl (C=O) groups excluding carboxylic acids is 2. The number of ether oxygens (including phenoxy) is 1. The number of ketones is 1. The highest BCUT2D eigenvalue weighted by atomic mass is 16.5. The lowest BCUT2D eigenvalue weighted by atomic mass is 10.1. The molecule has 2 aromatic heterocycles. The minimum Gasteiger partial charge on any atom is -0.445 e. The molecule has 3 rings (SSSR count). The van der Waals surface area contributed by atoms with Crippen LogP contribution in [0.25, 0.3) is 0 Å². The second-order valence-corrected chi connectivity index (χ2v) is 7.50. The number of hydrogen-bond acceptors (Lipinski definition) is 7. The van der Waals surface area contributed by atoms with Gasteiger partial charge in [-0.25, -0.2) is 14.5 Å². The summed E-state index contributed by atoms with van der Waals surface area (Å²) in [6, 6.07) is 8.71. The first kappa shape index (κ1) is 23.1. The van der Waals surface area contributed by atoms with E-state index in [1.165, 1.54) is 4.68 Å². The number of unbranched alkanes of at least 4 members (excludes halogenated alkanes) is 2. The van der Waals surface area contributed by atoms with Crippen molar-refractivity contribution in [2.45, 2.75) is 64.8 Å². The number of nitrogens with zero attached hydrogens (tertiary/aromatic N) is 6. The summed E-state index contributed by atoms with van der Waals surface area (Å²) in [5.41, 5.74) is 0.880. The van der Waals surface area contributed by atoms with Crippen LogP contribution in [0.2, 0.25) is 0 Å². The molecule has 32 heavy (non-hydrogen) atoms. The Morgan fingerprint density at radius 2 is 2.00 bits per heavy atom. The lowest BCUT2D eigenvalue weighted by molar-refractivity contribution is -0.121. The number of benzene rings is 1. The number of imidazole rings is 1. The Balaban J connectivity index is 1.41. The summed E-state index contributed by atoms with van der Waals surface area (Å²) in [4.78, 5) is 28.9. The van der Waals surface area contributed by atoms with E-state index in [0.717, 1.165) is 31.4 Å². The molecule has 1 N–H and O–H groups in total. The predicted molar refractivity (Wildman–Crippen MR) is 116 cm³/mol. The number of amides is 1. The van der Waals surface area contributed by atoms with E-state index < -0.39 is 12.1 Å². The molecule has 0 fully saturated rings. The molecule has 3 aromatic rings. The van der Waals surface area contributed by atoms with Gasteiger partial charge in [-0.3, -0.25) is 4.79 Å². The first-order valence-corrected chi connectivity index (χ1v) is 10.9. The topological polar surface area (TPSA) is 117 Å². The van der Waals surface area contributed by atoms with Crippen molar-refractivity contribution in [3.05, 3.63) is 60.4 Å². The number of tetrazole rings is 1. The molecule has 10 nitrogen and oxygen atoms in total. The van der Waals surface area contributed by atoms with Crippen molar-refractivity contribution < 1.29 is 14.3 Å². The Kier molecular flexibility index (Phi) is 8.91. The minimum absolute atomic E-state index is 0.00877. The number of hydrogen-bond donors (Lipinski definition) is 1. The van der Waals surface area contributed by atoms with Gasteiger partial charge in [0.25, 0.3) is 0 Å². The molecule has 0 aliphatic carbocycles. The van der Waals surface area contributed by atoms with Crippen molar-refractivity contribution in [3.63, 3.8) is 0 Å². The van der Waals surface area contributed by atoms with Crippen LogP contribution in [0.3, 0.4) is 0 Å². The average molecular weight is 440 g/mol. The molecule has 1 unspecified atom stereocenters. The summed E-state index contributed by atoms with van der Waals surface area (Å²) < 4.78 is 8.78. The molecule has 0 bridgehead atoms. The highest BCUT2D eigenvalue weighted by molar-refractivity contribution is 5.87. The zero-order valence-corrected chi connectivity index (χ0v) is 18.3.